The number of pyridine rings is 1. The standard InChI is InChI=1S/C12H13NO2S/c1-9-11(5-4-8-16-10(2)14)6-7-12(13-9)15-3/h6-7H,8H2,1-3H3. The number of hydrogen-bond donors (Lipinski definition) is 0. The molecule has 0 radical (unpaired) electrons. The van der Waals surface area contributed by atoms with Gasteiger partial charge in [0, 0.05) is 18.6 Å². The largest absolute Gasteiger partial charge is 0.481 e. The molecule has 0 amide bonds. The van der Waals surface area contributed by atoms with Crippen molar-refractivity contribution in [3.63, 3.8) is 0 Å². The highest BCUT2D eigenvalue weighted by Gasteiger charge is 1.98. The van der Waals surface area contributed by atoms with Gasteiger partial charge in [0.15, 0.2) is 5.12 Å². The Bertz CT molecular complexity index is 446. The van der Waals surface area contributed by atoms with Crippen LogP contribution in [0.2, 0.25) is 0 Å². The highest BCUT2D eigenvalue weighted by molar-refractivity contribution is 8.13. The topological polar surface area (TPSA) is 39.2 Å². The Kier molecular flexibility index (Phi) is 4.87. The first-order chi connectivity index (χ1) is 7.63. The van der Waals surface area contributed by atoms with E-state index in [4.69, 9.17) is 4.74 Å². The Morgan fingerprint density at radius 2 is 2.31 bits per heavy atom. The molecule has 16 heavy (non-hydrogen) atoms. The van der Waals surface area contributed by atoms with Crippen LogP contribution in [0.3, 0.4) is 0 Å². The first kappa shape index (κ1) is 12.6. The van der Waals surface area contributed by atoms with Gasteiger partial charge in [-0.25, -0.2) is 4.98 Å². The van der Waals surface area contributed by atoms with Crippen LogP contribution in [-0.2, 0) is 4.79 Å². The van der Waals surface area contributed by atoms with E-state index < -0.39 is 0 Å². The molecule has 0 saturated heterocycles. The second-order valence-electron chi connectivity index (χ2n) is 3.07. The number of methoxy groups -OCH3 is 1. The van der Waals surface area contributed by atoms with Gasteiger partial charge in [-0.15, -0.1) is 0 Å². The summed E-state index contributed by atoms with van der Waals surface area (Å²) in [5.41, 5.74) is 1.70. The zero-order chi connectivity index (χ0) is 12.0. The lowest BCUT2D eigenvalue weighted by atomic mass is 10.2. The molecule has 0 saturated carbocycles. The van der Waals surface area contributed by atoms with E-state index in [-0.39, 0.29) is 5.12 Å². The molecule has 0 bridgehead atoms. The van der Waals surface area contributed by atoms with Crippen LogP contribution in [0, 0.1) is 18.8 Å². The monoisotopic (exact) mass is 235 g/mol. The summed E-state index contributed by atoms with van der Waals surface area (Å²) in [6.07, 6.45) is 0. The molecule has 0 N–H and O–H groups in total. The maximum atomic E-state index is 10.7. The minimum atomic E-state index is 0.0823. The summed E-state index contributed by atoms with van der Waals surface area (Å²) in [5.74, 6) is 7.00. The third-order valence-corrected chi connectivity index (χ3v) is 2.54. The summed E-state index contributed by atoms with van der Waals surface area (Å²) in [6, 6.07) is 3.64. The van der Waals surface area contributed by atoms with Crippen molar-refractivity contribution in [3.8, 4) is 17.7 Å². The van der Waals surface area contributed by atoms with Gasteiger partial charge in [0.2, 0.25) is 5.88 Å². The predicted molar refractivity (Wildman–Crippen MR) is 65.5 cm³/mol. The van der Waals surface area contributed by atoms with Crippen LogP contribution in [0.25, 0.3) is 0 Å². The maximum Gasteiger partial charge on any atom is 0.213 e. The van der Waals surface area contributed by atoms with Gasteiger partial charge < -0.3 is 4.74 Å². The van der Waals surface area contributed by atoms with Gasteiger partial charge in [-0.1, -0.05) is 23.6 Å². The van der Waals surface area contributed by atoms with Crippen molar-refractivity contribution in [2.45, 2.75) is 13.8 Å². The Labute approximate surface area is 99.6 Å². The lowest BCUT2D eigenvalue weighted by molar-refractivity contribution is -0.109. The number of carbonyl (C=O) groups excluding carboxylic acids is 1. The van der Waals surface area contributed by atoms with Crippen molar-refractivity contribution < 1.29 is 9.53 Å². The molecule has 0 aromatic carbocycles. The maximum absolute atomic E-state index is 10.7. The molecule has 0 aliphatic heterocycles. The highest BCUT2D eigenvalue weighted by Crippen LogP contribution is 2.10. The molecule has 3 nitrogen and oxygen atoms in total. The van der Waals surface area contributed by atoms with E-state index in [1.807, 2.05) is 13.0 Å². The molecule has 1 heterocycles. The van der Waals surface area contributed by atoms with Crippen LogP contribution in [0.15, 0.2) is 12.1 Å². The smallest absolute Gasteiger partial charge is 0.213 e. The van der Waals surface area contributed by atoms with E-state index in [1.165, 1.54) is 18.7 Å². The van der Waals surface area contributed by atoms with Crippen molar-refractivity contribution in [1.82, 2.24) is 4.98 Å². The van der Waals surface area contributed by atoms with E-state index in [9.17, 15) is 4.79 Å². The SMILES string of the molecule is COc1ccc(C#CCSC(C)=O)c(C)n1. The van der Waals surface area contributed by atoms with Gasteiger partial charge in [0.05, 0.1) is 18.6 Å². The third kappa shape index (κ3) is 3.95. The number of thioether (sulfide) groups is 1. The fraction of sp³-hybridized carbons (Fsp3) is 0.333. The highest BCUT2D eigenvalue weighted by atomic mass is 32.2. The summed E-state index contributed by atoms with van der Waals surface area (Å²) < 4.78 is 5.00. The molecule has 4 heteroatoms. The van der Waals surface area contributed by atoms with Gasteiger partial charge in [0.25, 0.3) is 0 Å². The zero-order valence-corrected chi connectivity index (χ0v) is 10.4. The zero-order valence-electron chi connectivity index (χ0n) is 9.53. The van der Waals surface area contributed by atoms with Crippen LogP contribution < -0.4 is 4.74 Å². The van der Waals surface area contributed by atoms with E-state index in [0.717, 1.165) is 11.3 Å². The van der Waals surface area contributed by atoms with Crippen LogP contribution in [0.1, 0.15) is 18.2 Å². The Balaban J connectivity index is 2.70. The number of ether oxygens (including phenoxy) is 1. The van der Waals surface area contributed by atoms with Crippen molar-refractivity contribution in [2.75, 3.05) is 12.9 Å². The molecule has 1 aromatic rings. The lowest BCUT2D eigenvalue weighted by Crippen LogP contribution is -1.92. The molecule has 0 aliphatic rings. The third-order valence-electron chi connectivity index (χ3n) is 1.84. The molecule has 0 unspecified atom stereocenters. The normalized spacial score (nSPS) is 9.19. The molecule has 0 fully saturated rings. The number of aryl methyl sites for hydroxylation is 1. The first-order valence-electron chi connectivity index (χ1n) is 4.77. The quantitative estimate of drug-likeness (QED) is 0.735. The summed E-state index contributed by atoms with van der Waals surface area (Å²) in [6.45, 7) is 3.41. The molecule has 1 aromatic heterocycles. The molecule has 1 rings (SSSR count). The Hall–Kier alpha value is -1.47. The minimum absolute atomic E-state index is 0.0823. The van der Waals surface area contributed by atoms with Crippen LogP contribution in [0.5, 0.6) is 5.88 Å². The molecular weight excluding hydrogens is 222 g/mol. The van der Waals surface area contributed by atoms with Crippen molar-refractivity contribution in [1.29, 1.82) is 0 Å². The van der Waals surface area contributed by atoms with Crippen LogP contribution >= 0.6 is 11.8 Å². The fourth-order valence-electron chi connectivity index (χ4n) is 1.05. The van der Waals surface area contributed by atoms with Crippen molar-refractivity contribution in [2.24, 2.45) is 0 Å². The number of aromatic nitrogens is 1. The van der Waals surface area contributed by atoms with Gasteiger partial charge in [-0.2, -0.15) is 0 Å². The van der Waals surface area contributed by atoms with Gasteiger partial charge in [-0.3, -0.25) is 4.79 Å². The number of hydrogen-bond acceptors (Lipinski definition) is 4. The summed E-state index contributed by atoms with van der Waals surface area (Å²) in [5, 5.41) is 0.0823. The van der Waals surface area contributed by atoms with E-state index >= 15 is 0 Å². The van der Waals surface area contributed by atoms with E-state index in [0.29, 0.717) is 11.6 Å². The van der Waals surface area contributed by atoms with Crippen molar-refractivity contribution in [3.05, 3.63) is 23.4 Å². The number of nitrogens with zero attached hydrogens (tertiary/aromatic N) is 1. The first-order valence-corrected chi connectivity index (χ1v) is 5.76. The van der Waals surface area contributed by atoms with Crippen LogP contribution in [0.4, 0.5) is 0 Å². The molecule has 0 aliphatic carbocycles. The fourth-order valence-corrected chi connectivity index (χ4v) is 1.40. The number of carbonyl (C=O) groups is 1. The second-order valence-corrected chi connectivity index (χ2v) is 4.22. The van der Waals surface area contributed by atoms with E-state index in [1.54, 1.807) is 13.2 Å². The van der Waals surface area contributed by atoms with Crippen LogP contribution in [-0.4, -0.2) is 23.0 Å². The molecule has 0 spiro atoms. The summed E-state index contributed by atoms with van der Waals surface area (Å²) >= 11 is 1.21. The summed E-state index contributed by atoms with van der Waals surface area (Å²) in [7, 11) is 1.58. The van der Waals surface area contributed by atoms with Gasteiger partial charge in [0.1, 0.15) is 0 Å². The minimum Gasteiger partial charge on any atom is -0.481 e. The van der Waals surface area contributed by atoms with Gasteiger partial charge >= 0.3 is 0 Å². The lowest BCUT2D eigenvalue weighted by Gasteiger charge is -2.01. The molecule has 0 atom stereocenters. The number of rotatable bonds is 2. The Morgan fingerprint density at radius 1 is 1.56 bits per heavy atom. The Morgan fingerprint density at radius 3 is 2.88 bits per heavy atom. The molecule has 84 valence electrons. The van der Waals surface area contributed by atoms with Crippen molar-refractivity contribution >= 4 is 16.9 Å². The van der Waals surface area contributed by atoms with Gasteiger partial charge in [-0.05, 0) is 13.0 Å². The second kappa shape index (κ2) is 6.19. The average Bonchev–Trinajstić information content (AvgIpc) is 2.25. The molecular formula is C12H13NO2S. The predicted octanol–water partition coefficient (Wildman–Crippen LogP) is 2.03. The summed E-state index contributed by atoms with van der Waals surface area (Å²) in [4.78, 5) is 14.9. The average molecular weight is 235 g/mol. The van der Waals surface area contributed by atoms with E-state index in [2.05, 4.69) is 16.8 Å².